The number of nitrogens with one attached hydrogen (secondary N) is 2. The molecule has 8 heteroatoms. The zero-order chi connectivity index (χ0) is 17.0. The molecule has 1 aromatic rings. The predicted octanol–water partition coefficient (Wildman–Crippen LogP) is -0.0265. The highest BCUT2D eigenvalue weighted by Gasteiger charge is 2.33. The van der Waals surface area contributed by atoms with Gasteiger partial charge in [-0.2, -0.15) is 0 Å². The molecule has 0 saturated carbocycles. The van der Waals surface area contributed by atoms with Crippen molar-refractivity contribution in [1.82, 2.24) is 10.6 Å². The van der Waals surface area contributed by atoms with E-state index >= 15 is 0 Å². The van der Waals surface area contributed by atoms with Crippen LogP contribution in [0.4, 0.5) is 14.9 Å². The van der Waals surface area contributed by atoms with E-state index in [1.165, 1.54) is 30.0 Å². The summed E-state index contributed by atoms with van der Waals surface area (Å²) in [6.07, 6.45) is 0.0961. The fourth-order valence-corrected chi connectivity index (χ4v) is 2.32. The van der Waals surface area contributed by atoms with Gasteiger partial charge in [-0.3, -0.25) is 4.79 Å². The normalized spacial score (nSPS) is 18.2. The Hall–Kier alpha value is -2.19. The van der Waals surface area contributed by atoms with Crippen LogP contribution in [0.25, 0.3) is 0 Å². The van der Waals surface area contributed by atoms with Gasteiger partial charge in [0.2, 0.25) is 5.91 Å². The molecule has 1 unspecified atom stereocenters. The van der Waals surface area contributed by atoms with Crippen molar-refractivity contribution in [2.24, 2.45) is 0 Å². The van der Waals surface area contributed by atoms with Crippen LogP contribution >= 0.6 is 0 Å². The molecule has 1 aliphatic heterocycles. The monoisotopic (exact) mass is 325 g/mol. The van der Waals surface area contributed by atoms with Crippen LogP contribution in [-0.4, -0.2) is 53.5 Å². The number of benzene rings is 1. The molecule has 7 nitrogen and oxygen atoms in total. The van der Waals surface area contributed by atoms with Crippen LogP contribution in [0, 0.1) is 5.82 Å². The predicted molar refractivity (Wildman–Crippen MR) is 81.4 cm³/mol. The maximum Gasteiger partial charge on any atom is 0.315 e. The molecule has 4 N–H and O–H groups in total. The summed E-state index contributed by atoms with van der Waals surface area (Å²) in [5, 5.41) is 23.4. The summed E-state index contributed by atoms with van der Waals surface area (Å²) in [5.41, 5.74) is -0.704. The molecule has 2 rings (SSSR count). The Morgan fingerprint density at radius 3 is 2.74 bits per heavy atom. The van der Waals surface area contributed by atoms with Gasteiger partial charge >= 0.3 is 6.03 Å². The first-order chi connectivity index (χ1) is 10.9. The average molecular weight is 325 g/mol. The molecule has 1 fully saturated rings. The number of halogens is 1. The lowest BCUT2D eigenvalue weighted by Crippen LogP contribution is -2.56. The van der Waals surface area contributed by atoms with Crippen LogP contribution in [0.1, 0.15) is 13.3 Å². The smallest absolute Gasteiger partial charge is 0.315 e. The topological polar surface area (TPSA) is 102 Å². The molecular formula is C15H20FN3O4. The Bertz CT molecular complexity index is 592. The summed E-state index contributed by atoms with van der Waals surface area (Å²) in [6.45, 7) is 0.877. The molecule has 1 saturated heterocycles. The Kier molecular flexibility index (Phi) is 5.17. The Morgan fingerprint density at radius 1 is 1.43 bits per heavy atom. The molecule has 1 aliphatic rings. The van der Waals surface area contributed by atoms with E-state index in [0.29, 0.717) is 5.69 Å². The highest BCUT2D eigenvalue weighted by molar-refractivity contribution is 5.96. The van der Waals surface area contributed by atoms with E-state index in [-0.39, 0.29) is 18.9 Å². The maximum absolute atomic E-state index is 13.3. The molecule has 0 spiro atoms. The molecule has 0 radical (unpaired) electrons. The molecule has 0 bridgehead atoms. The summed E-state index contributed by atoms with van der Waals surface area (Å²) in [5.74, 6) is -0.654. The number of aliphatic hydroxyl groups excluding tert-OH is 2. The largest absolute Gasteiger partial charge is 0.394 e. The first-order valence-electron chi connectivity index (χ1n) is 7.23. The van der Waals surface area contributed by atoms with E-state index < -0.39 is 36.6 Å². The van der Waals surface area contributed by atoms with E-state index in [4.69, 9.17) is 10.2 Å². The van der Waals surface area contributed by atoms with Gasteiger partial charge in [0.1, 0.15) is 5.82 Å². The van der Waals surface area contributed by atoms with E-state index in [9.17, 15) is 14.0 Å². The standard InChI is InChI=1S/C15H20FN3O4/c1-15(8-20,9-21)18-14(23)17-11-6-13(22)19(7-11)12-4-2-3-10(16)5-12/h2-5,11,20-21H,6-9H2,1H3,(H2,17,18,23). The minimum Gasteiger partial charge on any atom is -0.394 e. The lowest BCUT2D eigenvalue weighted by molar-refractivity contribution is -0.117. The molecule has 1 aromatic carbocycles. The summed E-state index contributed by atoms with van der Waals surface area (Å²) >= 11 is 0. The number of carbonyl (C=O) groups is 2. The number of hydrogen-bond acceptors (Lipinski definition) is 4. The fourth-order valence-electron chi connectivity index (χ4n) is 2.32. The van der Waals surface area contributed by atoms with Crippen molar-refractivity contribution in [3.8, 4) is 0 Å². The lowest BCUT2D eigenvalue weighted by Gasteiger charge is -2.27. The van der Waals surface area contributed by atoms with Gasteiger partial charge in [0, 0.05) is 18.7 Å². The zero-order valence-corrected chi connectivity index (χ0v) is 12.8. The average Bonchev–Trinajstić information content (AvgIpc) is 2.87. The zero-order valence-electron chi connectivity index (χ0n) is 12.8. The van der Waals surface area contributed by atoms with Crippen molar-refractivity contribution < 1.29 is 24.2 Å². The Labute approximate surface area is 133 Å². The van der Waals surface area contributed by atoms with Crippen LogP contribution < -0.4 is 15.5 Å². The van der Waals surface area contributed by atoms with Gasteiger partial charge in [0.15, 0.2) is 0 Å². The lowest BCUT2D eigenvalue weighted by atomic mass is 10.1. The van der Waals surface area contributed by atoms with Gasteiger partial charge in [0.25, 0.3) is 0 Å². The maximum atomic E-state index is 13.3. The minimum absolute atomic E-state index is 0.0961. The fraction of sp³-hybridized carbons (Fsp3) is 0.467. The van der Waals surface area contributed by atoms with Crippen molar-refractivity contribution in [1.29, 1.82) is 0 Å². The third kappa shape index (κ3) is 4.17. The Balaban J connectivity index is 1.96. The number of amides is 3. The van der Waals surface area contributed by atoms with Crippen molar-refractivity contribution >= 4 is 17.6 Å². The molecule has 3 amide bonds. The Morgan fingerprint density at radius 2 is 2.13 bits per heavy atom. The van der Waals surface area contributed by atoms with Gasteiger partial charge < -0.3 is 25.7 Å². The molecule has 1 atom stereocenters. The van der Waals surface area contributed by atoms with E-state index in [0.717, 1.165) is 0 Å². The molecule has 0 aromatic heterocycles. The number of hydrogen-bond donors (Lipinski definition) is 4. The van der Waals surface area contributed by atoms with Crippen LogP contribution in [0.15, 0.2) is 24.3 Å². The number of aliphatic hydroxyl groups is 2. The van der Waals surface area contributed by atoms with Crippen LogP contribution in [0.5, 0.6) is 0 Å². The molecule has 23 heavy (non-hydrogen) atoms. The molecule has 1 heterocycles. The second-order valence-electron chi connectivity index (χ2n) is 5.86. The molecule has 126 valence electrons. The molecule has 0 aliphatic carbocycles. The number of urea groups is 1. The number of nitrogens with zero attached hydrogens (tertiary/aromatic N) is 1. The number of anilines is 1. The second kappa shape index (κ2) is 6.93. The quantitative estimate of drug-likeness (QED) is 0.611. The number of carbonyl (C=O) groups excluding carboxylic acids is 2. The molecular weight excluding hydrogens is 305 g/mol. The van der Waals surface area contributed by atoms with Crippen LogP contribution in [-0.2, 0) is 4.79 Å². The SMILES string of the molecule is CC(CO)(CO)NC(=O)NC1CC(=O)N(c2cccc(F)c2)C1. The van der Waals surface area contributed by atoms with E-state index in [1.807, 2.05) is 0 Å². The van der Waals surface area contributed by atoms with E-state index in [2.05, 4.69) is 10.6 Å². The van der Waals surface area contributed by atoms with Crippen molar-refractivity contribution in [3.05, 3.63) is 30.1 Å². The summed E-state index contributed by atoms with van der Waals surface area (Å²) in [4.78, 5) is 25.3. The van der Waals surface area contributed by atoms with Crippen molar-refractivity contribution in [2.45, 2.75) is 24.9 Å². The summed E-state index contributed by atoms with van der Waals surface area (Å²) in [7, 11) is 0. The van der Waals surface area contributed by atoms with Gasteiger partial charge in [0.05, 0.1) is 24.8 Å². The second-order valence-corrected chi connectivity index (χ2v) is 5.86. The highest BCUT2D eigenvalue weighted by Crippen LogP contribution is 2.22. The van der Waals surface area contributed by atoms with Gasteiger partial charge in [-0.15, -0.1) is 0 Å². The first-order valence-corrected chi connectivity index (χ1v) is 7.23. The van der Waals surface area contributed by atoms with Gasteiger partial charge in [-0.05, 0) is 25.1 Å². The van der Waals surface area contributed by atoms with Gasteiger partial charge in [-0.25, -0.2) is 9.18 Å². The van der Waals surface area contributed by atoms with Crippen LogP contribution in [0.3, 0.4) is 0 Å². The van der Waals surface area contributed by atoms with Gasteiger partial charge in [-0.1, -0.05) is 6.07 Å². The van der Waals surface area contributed by atoms with E-state index in [1.54, 1.807) is 6.07 Å². The summed E-state index contributed by atoms with van der Waals surface area (Å²) in [6, 6.07) is 4.66. The van der Waals surface area contributed by atoms with Crippen LogP contribution in [0.2, 0.25) is 0 Å². The van der Waals surface area contributed by atoms with Crippen molar-refractivity contribution in [2.75, 3.05) is 24.7 Å². The third-order valence-corrected chi connectivity index (χ3v) is 3.69. The first kappa shape index (κ1) is 17.2. The number of rotatable bonds is 5. The van der Waals surface area contributed by atoms with Crippen molar-refractivity contribution in [3.63, 3.8) is 0 Å². The summed E-state index contributed by atoms with van der Waals surface area (Å²) < 4.78 is 13.3. The third-order valence-electron chi connectivity index (χ3n) is 3.69. The minimum atomic E-state index is -1.14. The highest BCUT2D eigenvalue weighted by atomic mass is 19.1.